The minimum absolute atomic E-state index is 0.190. The molecule has 0 aliphatic carbocycles. The third-order valence-corrected chi connectivity index (χ3v) is 4.08. The van der Waals surface area contributed by atoms with Crippen LogP contribution < -0.4 is 10.6 Å². The van der Waals surface area contributed by atoms with Crippen molar-refractivity contribution in [1.82, 2.24) is 10.2 Å². The minimum atomic E-state index is -0.426. The van der Waals surface area contributed by atoms with Gasteiger partial charge in [-0.15, -0.1) is 0 Å². The summed E-state index contributed by atoms with van der Waals surface area (Å²) in [5, 5.41) is 5.59. The summed E-state index contributed by atoms with van der Waals surface area (Å²) in [7, 11) is 0. The first-order chi connectivity index (χ1) is 10.0. The number of hydrogen-bond acceptors (Lipinski definition) is 2. The summed E-state index contributed by atoms with van der Waals surface area (Å²) in [6, 6.07) is 3.56. The Kier molecular flexibility index (Phi) is 5.82. The molecule has 2 N–H and O–H groups in total. The number of benzene rings is 1. The van der Waals surface area contributed by atoms with Crippen molar-refractivity contribution >= 4 is 23.3 Å². The number of halogens is 2. The Morgan fingerprint density at radius 1 is 1.43 bits per heavy atom. The maximum atomic E-state index is 12.9. The predicted octanol–water partition coefficient (Wildman–Crippen LogP) is 3.33. The van der Waals surface area contributed by atoms with E-state index in [-0.39, 0.29) is 11.1 Å². The lowest BCUT2D eigenvalue weighted by molar-refractivity contribution is 0.192. The summed E-state index contributed by atoms with van der Waals surface area (Å²) < 4.78 is 12.9. The van der Waals surface area contributed by atoms with E-state index in [0.29, 0.717) is 12.2 Å². The van der Waals surface area contributed by atoms with E-state index in [9.17, 15) is 9.18 Å². The Morgan fingerprint density at radius 3 is 2.81 bits per heavy atom. The number of amides is 2. The first-order valence-corrected chi connectivity index (χ1v) is 7.64. The maximum Gasteiger partial charge on any atom is 0.319 e. The molecule has 1 aliphatic heterocycles. The molecule has 0 radical (unpaired) electrons. The highest BCUT2D eigenvalue weighted by atomic mass is 35.5. The molecular formula is C15H21ClFN3O. The van der Waals surface area contributed by atoms with Crippen LogP contribution in [0.25, 0.3) is 0 Å². The molecule has 0 aromatic heterocycles. The van der Waals surface area contributed by atoms with Crippen LogP contribution in [0, 0.1) is 11.7 Å². The van der Waals surface area contributed by atoms with E-state index >= 15 is 0 Å². The third kappa shape index (κ3) is 5.17. The Hall–Kier alpha value is -1.33. The number of carbonyl (C=O) groups is 1. The molecule has 21 heavy (non-hydrogen) atoms. The summed E-state index contributed by atoms with van der Waals surface area (Å²) in [6.07, 6.45) is 2.44. The Bertz CT molecular complexity index is 490. The highest BCUT2D eigenvalue weighted by molar-refractivity contribution is 6.33. The molecule has 6 heteroatoms. The first-order valence-electron chi connectivity index (χ1n) is 7.27. The molecule has 0 saturated carbocycles. The van der Waals surface area contributed by atoms with Crippen LogP contribution in [0.1, 0.15) is 19.8 Å². The summed E-state index contributed by atoms with van der Waals surface area (Å²) >= 11 is 5.85. The number of likely N-dealkylation sites (tertiary alicyclic amines) is 1. The fraction of sp³-hybridized carbons (Fsp3) is 0.533. The van der Waals surface area contributed by atoms with Crippen LogP contribution in [-0.2, 0) is 0 Å². The molecule has 0 spiro atoms. The fourth-order valence-corrected chi connectivity index (χ4v) is 2.59. The molecule has 4 nitrogen and oxygen atoms in total. The van der Waals surface area contributed by atoms with Gasteiger partial charge < -0.3 is 15.5 Å². The minimum Gasteiger partial charge on any atom is -0.337 e. The zero-order valence-electron chi connectivity index (χ0n) is 12.2. The van der Waals surface area contributed by atoms with Gasteiger partial charge in [-0.1, -0.05) is 18.5 Å². The van der Waals surface area contributed by atoms with Gasteiger partial charge in [-0.05, 0) is 50.0 Å². The van der Waals surface area contributed by atoms with E-state index in [1.165, 1.54) is 31.0 Å². The summed E-state index contributed by atoms with van der Waals surface area (Å²) in [4.78, 5) is 14.1. The molecule has 1 aliphatic rings. The Balaban J connectivity index is 1.70. The summed E-state index contributed by atoms with van der Waals surface area (Å²) in [5.74, 6) is 0.378. The van der Waals surface area contributed by atoms with Crippen LogP contribution in [0.15, 0.2) is 18.2 Å². The lowest BCUT2D eigenvalue weighted by Gasteiger charge is -2.30. The molecule has 116 valence electrons. The van der Waals surface area contributed by atoms with Crippen LogP contribution >= 0.6 is 11.6 Å². The average Bonchev–Trinajstić information content (AvgIpc) is 2.44. The zero-order chi connectivity index (χ0) is 15.2. The monoisotopic (exact) mass is 313 g/mol. The fourth-order valence-electron chi connectivity index (χ4n) is 2.37. The van der Waals surface area contributed by atoms with Gasteiger partial charge in [-0.2, -0.15) is 0 Å². The Labute approximate surface area is 129 Å². The predicted molar refractivity (Wildman–Crippen MR) is 83.3 cm³/mol. The van der Waals surface area contributed by atoms with Crippen molar-refractivity contribution in [2.45, 2.75) is 19.8 Å². The number of rotatable bonds is 4. The second-order valence-corrected chi connectivity index (χ2v) is 5.94. The van der Waals surface area contributed by atoms with Crippen molar-refractivity contribution in [3.63, 3.8) is 0 Å². The van der Waals surface area contributed by atoms with Gasteiger partial charge in [-0.25, -0.2) is 9.18 Å². The number of anilines is 1. The standard InChI is InChI=1S/C15H21ClFN3O/c1-11-4-7-20(8-5-11)9-6-18-15(21)19-14-3-2-12(17)10-13(14)16/h2-3,10-11H,4-9H2,1H3,(H2,18,19,21). The smallest absolute Gasteiger partial charge is 0.319 e. The average molecular weight is 314 g/mol. The van der Waals surface area contributed by atoms with Gasteiger partial charge in [0.1, 0.15) is 5.82 Å². The molecule has 2 rings (SSSR count). The first kappa shape index (κ1) is 16.0. The van der Waals surface area contributed by atoms with E-state index in [0.717, 1.165) is 25.6 Å². The normalized spacial score (nSPS) is 16.7. The quantitative estimate of drug-likeness (QED) is 0.895. The van der Waals surface area contributed by atoms with Crippen molar-refractivity contribution in [3.05, 3.63) is 29.0 Å². The van der Waals surface area contributed by atoms with Crippen molar-refractivity contribution in [3.8, 4) is 0 Å². The van der Waals surface area contributed by atoms with Gasteiger partial charge in [0, 0.05) is 13.1 Å². The number of carbonyl (C=O) groups excluding carboxylic acids is 1. The molecule has 0 unspecified atom stereocenters. The molecule has 0 atom stereocenters. The van der Waals surface area contributed by atoms with E-state index in [4.69, 9.17) is 11.6 Å². The van der Waals surface area contributed by atoms with E-state index < -0.39 is 5.82 Å². The summed E-state index contributed by atoms with van der Waals surface area (Å²) in [6.45, 7) is 5.88. The largest absolute Gasteiger partial charge is 0.337 e. The number of nitrogens with zero attached hydrogens (tertiary/aromatic N) is 1. The van der Waals surface area contributed by atoms with Crippen molar-refractivity contribution in [2.24, 2.45) is 5.92 Å². The van der Waals surface area contributed by atoms with E-state index in [1.54, 1.807) is 0 Å². The van der Waals surface area contributed by atoms with Crippen molar-refractivity contribution in [2.75, 3.05) is 31.5 Å². The van der Waals surface area contributed by atoms with Gasteiger partial charge in [-0.3, -0.25) is 0 Å². The zero-order valence-corrected chi connectivity index (χ0v) is 12.9. The third-order valence-electron chi connectivity index (χ3n) is 3.77. The molecule has 1 aromatic rings. The Morgan fingerprint density at radius 2 is 2.14 bits per heavy atom. The summed E-state index contributed by atoms with van der Waals surface area (Å²) in [5.41, 5.74) is 0.405. The van der Waals surface area contributed by atoms with E-state index in [2.05, 4.69) is 22.5 Å². The molecule has 1 fully saturated rings. The van der Waals surface area contributed by atoms with Crippen molar-refractivity contribution < 1.29 is 9.18 Å². The van der Waals surface area contributed by atoms with Gasteiger partial charge in [0.05, 0.1) is 10.7 Å². The molecule has 1 heterocycles. The van der Waals surface area contributed by atoms with Gasteiger partial charge >= 0.3 is 6.03 Å². The molecule has 1 aromatic carbocycles. The second-order valence-electron chi connectivity index (χ2n) is 5.53. The van der Waals surface area contributed by atoms with Crippen LogP contribution in [-0.4, -0.2) is 37.1 Å². The highest BCUT2D eigenvalue weighted by Gasteiger charge is 2.15. The maximum absolute atomic E-state index is 12.9. The molecule has 1 saturated heterocycles. The van der Waals surface area contributed by atoms with Gasteiger partial charge in [0.2, 0.25) is 0 Å². The van der Waals surface area contributed by atoms with Crippen molar-refractivity contribution in [1.29, 1.82) is 0 Å². The number of nitrogens with one attached hydrogen (secondary N) is 2. The van der Waals surface area contributed by atoms with Gasteiger partial charge in [0.15, 0.2) is 0 Å². The van der Waals surface area contributed by atoms with Crippen LogP contribution in [0.3, 0.4) is 0 Å². The lowest BCUT2D eigenvalue weighted by atomic mass is 9.99. The van der Waals surface area contributed by atoms with Gasteiger partial charge in [0.25, 0.3) is 0 Å². The van der Waals surface area contributed by atoms with E-state index in [1.807, 2.05) is 0 Å². The molecular weight excluding hydrogens is 293 g/mol. The van der Waals surface area contributed by atoms with Crippen LogP contribution in [0.5, 0.6) is 0 Å². The second kappa shape index (κ2) is 7.61. The highest BCUT2D eigenvalue weighted by Crippen LogP contribution is 2.22. The lowest BCUT2D eigenvalue weighted by Crippen LogP contribution is -2.40. The SMILES string of the molecule is CC1CCN(CCNC(=O)Nc2ccc(F)cc2Cl)CC1. The van der Waals surface area contributed by atoms with Crippen LogP contribution in [0.4, 0.5) is 14.9 Å². The number of urea groups is 1. The molecule has 2 amide bonds. The topological polar surface area (TPSA) is 44.4 Å². The van der Waals surface area contributed by atoms with Crippen LogP contribution in [0.2, 0.25) is 5.02 Å². The molecule has 0 bridgehead atoms. The number of hydrogen-bond donors (Lipinski definition) is 2. The number of piperidine rings is 1.